The number of carboxylic acid groups (broad SMARTS) is 2. The van der Waals surface area contributed by atoms with Crippen LogP contribution in [0, 0.1) is 10.1 Å². The first-order valence-electron chi connectivity index (χ1n) is 8.38. The van der Waals surface area contributed by atoms with Crippen LogP contribution in [0.2, 0.25) is 0 Å². The summed E-state index contributed by atoms with van der Waals surface area (Å²) >= 11 is 0.911. The van der Waals surface area contributed by atoms with Gasteiger partial charge in [-0.2, -0.15) is 0 Å². The molecule has 1 unspecified atom stereocenters. The number of furan rings is 1. The number of aliphatic carboxylic acids is 2. The van der Waals surface area contributed by atoms with Crippen molar-refractivity contribution in [2.75, 3.05) is 0 Å². The molecule has 154 valence electrons. The maximum atomic E-state index is 12.6. The molecule has 30 heavy (non-hydrogen) atoms. The smallest absolute Gasteiger partial charge is 0.327 e. The van der Waals surface area contributed by atoms with E-state index in [4.69, 9.17) is 9.52 Å². The number of non-ortho nitro benzene ring substituents is 1. The van der Waals surface area contributed by atoms with Crippen LogP contribution in [0.25, 0.3) is 24.0 Å². The van der Waals surface area contributed by atoms with Gasteiger partial charge in [0, 0.05) is 23.8 Å². The number of rotatable bonds is 7. The van der Waals surface area contributed by atoms with E-state index in [2.05, 4.69) is 6.58 Å². The van der Waals surface area contributed by atoms with Crippen LogP contribution in [0.15, 0.2) is 45.6 Å². The van der Waals surface area contributed by atoms with Crippen LogP contribution < -0.4 is 14.8 Å². The number of thiazole rings is 1. The molecule has 10 nitrogen and oxygen atoms in total. The Morgan fingerprint density at radius 2 is 1.90 bits per heavy atom. The molecule has 0 spiro atoms. The molecule has 0 amide bonds. The monoisotopic (exact) mass is 430 g/mol. The van der Waals surface area contributed by atoms with Crippen molar-refractivity contribution in [3.63, 3.8) is 0 Å². The van der Waals surface area contributed by atoms with Crippen LogP contribution in [0.1, 0.15) is 18.2 Å². The van der Waals surface area contributed by atoms with Crippen molar-refractivity contribution in [3.8, 4) is 11.3 Å². The van der Waals surface area contributed by atoms with Gasteiger partial charge in [-0.25, -0.2) is 4.79 Å². The van der Waals surface area contributed by atoms with Gasteiger partial charge in [0.1, 0.15) is 17.6 Å². The van der Waals surface area contributed by atoms with Crippen LogP contribution in [0.4, 0.5) is 5.69 Å². The predicted octanol–water partition coefficient (Wildman–Crippen LogP) is 1.42. The zero-order valence-electron chi connectivity index (χ0n) is 15.2. The Labute approximate surface area is 171 Å². The third-order valence-corrected chi connectivity index (χ3v) is 5.10. The fourth-order valence-corrected chi connectivity index (χ4v) is 3.70. The number of carbonyl (C=O) groups is 2. The first-order chi connectivity index (χ1) is 14.2. The summed E-state index contributed by atoms with van der Waals surface area (Å²) in [7, 11) is 0. The van der Waals surface area contributed by atoms with Crippen molar-refractivity contribution in [2.24, 2.45) is 0 Å². The highest BCUT2D eigenvalue weighted by atomic mass is 32.1. The molecule has 0 bridgehead atoms. The quantitative estimate of drug-likeness (QED) is 0.421. The summed E-state index contributed by atoms with van der Waals surface area (Å²) in [6, 6.07) is 7.34. The molecule has 0 radical (unpaired) electrons. The van der Waals surface area contributed by atoms with Crippen molar-refractivity contribution in [1.29, 1.82) is 0 Å². The van der Waals surface area contributed by atoms with Gasteiger partial charge in [0.25, 0.3) is 11.2 Å². The number of carboxylic acids is 2. The summed E-state index contributed by atoms with van der Waals surface area (Å²) < 4.78 is 6.72. The normalized spacial score (nSPS) is 12.6. The highest BCUT2D eigenvalue weighted by molar-refractivity contribution is 7.07. The van der Waals surface area contributed by atoms with Gasteiger partial charge < -0.3 is 14.6 Å². The molecule has 0 saturated carbocycles. The Morgan fingerprint density at radius 1 is 1.23 bits per heavy atom. The molecule has 0 saturated heterocycles. The van der Waals surface area contributed by atoms with Gasteiger partial charge in [0.05, 0.1) is 20.5 Å². The third-order valence-electron chi connectivity index (χ3n) is 4.15. The molecule has 2 N–H and O–H groups in total. The van der Waals surface area contributed by atoms with E-state index < -0.39 is 34.9 Å². The Balaban J connectivity index is 1.98. The maximum absolute atomic E-state index is 12.6. The van der Waals surface area contributed by atoms with Crippen LogP contribution in [0.3, 0.4) is 0 Å². The lowest BCUT2D eigenvalue weighted by Crippen LogP contribution is -2.38. The van der Waals surface area contributed by atoms with Gasteiger partial charge in [-0.3, -0.25) is 24.3 Å². The van der Waals surface area contributed by atoms with Crippen LogP contribution >= 0.6 is 11.3 Å². The van der Waals surface area contributed by atoms with Gasteiger partial charge in [0.2, 0.25) is 0 Å². The first kappa shape index (κ1) is 20.7. The lowest BCUT2D eigenvalue weighted by molar-refractivity contribution is -0.384. The molecule has 0 aliphatic rings. The average Bonchev–Trinajstić information content (AvgIpc) is 3.25. The van der Waals surface area contributed by atoms with Gasteiger partial charge >= 0.3 is 11.9 Å². The van der Waals surface area contributed by atoms with Crippen molar-refractivity contribution in [3.05, 3.63) is 71.8 Å². The summed E-state index contributed by atoms with van der Waals surface area (Å²) in [4.78, 5) is 45.2. The summed E-state index contributed by atoms with van der Waals surface area (Å²) in [6.45, 7) is 3.65. The topological polar surface area (TPSA) is 153 Å². The lowest BCUT2D eigenvalue weighted by atomic mass is 10.1. The van der Waals surface area contributed by atoms with E-state index in [0.717, 1.165) is 15.9 Å². The Morgan fingerprint density at radius 3 is 2.47 bits per heavy atom. The second-order valence-electron chi connectivity index (χ2n) is 6.14. The molecule has 2 heterocycles. The zero-order valence-corrected chi connectivity index (χ0v) is 16.0. The van der Waals surface area contributed by atoms with E-state index >= 15 is 0 Å². The second kappa shape index (κ2) is 8.17. The molecule has 1 atom stereocenters. The molecule has 11 heteroatoms. The van der Waals surface area contributed by atoms with Crippen molar-refractivity contribution in [2.45, 2.75) is 12.5 Å². The number of nitro benzene ring substituents is 1. The van der Waals surface area contributed by atoms with E-state index in [1.165, 1.54) is 30.3 Å². The van der Waals surface area contributed by atoms with Crippen molar-refractivity contribution in [1.82, 2.24) is 4.57 Å². The van der Waals surface area contributed by atoms with E-state index in [1.807, 2.05) is 0 Å². The van der Waals surface area contributed by atoms with Crippen molar-refractivity contribution >= 4 is 41.6 Å². The molecule has 1 aromatic carbocycles. The Kier molecular flexibility index (Phi) is 5.65. The van der Waals surface area contributed by atoms with Crippen LogP contribution in [-0.2, 0) is 9.59 Å². The van der Waals surface area contributed by atoms with Crippen LogP contribution in [0.5, 0.6) is 0 Å². The highest BCUT2D eigenvalue weighted by Crippen LogP contribution is 2.24. The molecular weight excluding hydrogens is 416 g/mol. The standard InChI is InChI=1S/C19H14N2O8S/c1-10-20(14(19(25)26)9-17(22)23)18(24)16(30-10)8-13-6-7-15(29-13)11-2-4-12(5-3-11)21(27)28/h2-8,14H,1,9H2,(H,22,23)(H,25,26)/b16-8-. The summed E-state index contributed by atoms with van der Waals surface area (Å²) in [5.74, 6) is -2.10. The zero-order chi connectivity index (χ0) is 22.0. The number of nitro groups is 1. The maximum Gasteiger partial charge on any atom is 0.327 e. The van der Waals surface area contributed by atoms with E-state index in [1.54, 1.807) is 12.1 Å². The fraction of sp³-hybridized carbons (Fsp3) is 0.105. The molecule has 0 aliphatic heterocycles. The molecule has 0 aliphatic carbocycles. The largest absolute Gasteiger partial charge is 0.481 e. The second-order valence-corrected chi connectivity index (χ2v) is 7.25. The van der Waals surface area contributed by atoms with Crippen molar-refractivity contribution < 1.29 is 29.1 Å². The Hall–Kier alpha value is -3.99. The number of nitrogens with zero attached hydrogens (tertiary/aromatic N) is 2. The number of aromatic nitrogens is 1. The molecular formula is C19H14N2O8S. The predicted molar refractivity (Wildman–Crippen MR) is 107 cm³/mol. The fourth-order valence-electron chi connectivity index (χ4n) is 2.77. The minimum Gasteiger partial charge on any atom is -0.481 e. The number of hydrogen-bond acceptors (Lipinski definition) is 7. The third kappa shape index (κ3) is 4.20. The van der Waals surface area contributed by atoms with Crippen LogP contribution in [-0.4, -0.2) is 31.6 Å². The Bertz CT molecular complexity index is 1300. The molecule has 3 rings (SSSR count). The van der Waals surface area contributed by atoms with Gasteiger partial charge in [-0.1, -0.05) is 6.58 Å². The number of benzene rings is 1. The lowest BCUT2D eigenvalue weighted by Gasteiger charge is -2.10. The summed E-state index contributed by atoms with van der Waals surface area (Å²) in [5, 5.41) is 28.9. The summed E-state index contributed by atoms with van der Waals surface area (Å²) in [5.41, 5.74) is -0.158. The molecule has 2 aromatic heterocycles. The number of hydrogen-bond donors (Lipinski definition) is 2. The van der Waals surface area contributed by atoms with E-state index in [-0.39, 0.29) is 14.9 Å². The SMILES string of the molecule is C=c1s/c(=C\c2ccc(-c3ccc([N+](=O)[O-])cc3)o2)c(=O)n1C(CC(=O)O)C(=O)O. The van der Waals surface area contributed by atoms with Gasteiger partial charge in [0.15, 0.2) is 0 Å². The minimum absolute atomic E-state index is 0.0615. The van der Waals surface area contributed by atoms with Gasteiger partial charge in [-0.05, 0) is 24.3 Å². The average molecular weight is 430 g/mol. The first-order valence-corrected chi connectivity index (χ1v) is 9.20. The van der Waals surface area contributed by atoms with Gasteiger partial charge in [-0.15, -0.1) is 11.3 Å². The minimum atomic E-state index is -1.58. The molecule has 3 aromatic rings. The van der Waals surface area contributed by atoms with E-state index in [0.29, 0.717) is 17.1 Å². The molecule has 0 fully saturated rings. The van der Waals surface area contributed by atoms with E-state index in [9.17, 15) is 29.6 Å². The summed E-state index contributed by atoms with van der Waals surface area (Å²) in [6.07, 6.45) is 0.631. The highest BCUT2D eigenvalue weighted by Gasteiger charge is 2.25.